The molecule has 16 heavy (non-hydrogen) atoms. The van der Waals surface area contributed by atoms with Crippen LogP contribution in [-0.4, -0.2) is 24.4 Å². The van der Waals surface area contributed by atoms with Crippen molar-refractivity contribution in [3.05, 3.63) is 0 Å². The summed E-state index contributed by atoms with van der Waals surface area (Å²) < 4.78 is 0. The average molecular weight is 226 g/mol. The Hall–Kier alpha value is -1.06. The van der Waals surface area contributed by atoms with E-state index in [2.05, 4.69) is 10.6 Å². The first-order valence-corrected chi connectivity index (χ1v) is 6.16. The van der Waals surface area contributed by atoms with Crippen LogP contribution in [0.3, 0.4) is 0 Å². The molecule has 0 aromatic carbocycles. The molecule has 1 rings (SSSR count). The highest BCUT2D eigenvalue weighted by molar-refractivity contribution is 5.85. The number of carbonyl (C=O) groups excluding carboxylic acids is 2. The van der Waals surface area contributed by atoms with Crippen LogP contribution in [0.4, 0.5) is 0 Å². The summed E-state index contributed by atoms with van der Waals surface area (Å²) in [5.41, 5.74) is 0. The summed E-state index contributed by atoms with van der Waals surface area (Å²) in [6.45, 7) is 3.73. The maximum absolute atomic E-state index is 11.5. The van der Waals surface area contributed by atoms with Gasteiger partial charge in [-0.25, -0.2) is 0 Å². The van der Waals surface area contributed by atoms with E-state index in [1.54, 1.807) is 0 Å². The molecular formula is C12H22N2O2. The molecule has 0 aliphatic heterocycles. The van der Waals surface area contributed by atoms with E-state index < -0.39 is 0 Å². The van der Waals surface area contributed by atoms with E-state index in [0.717, 1.165) is 12.8 Å². The lowest BCUT2D eigenvalue weighted by molar-refractivity contribution is -0.128. The summed E-state index contributed by atoms with van der Waals surface area (Å²) in [4.78, 5) is 22.8. The Labute approximate surface area is 97.2 Å². The summed E-state index contributed by atoms with van der Waals surface area (Å²) in [7, 11) is 0. The van der Waals surface area contributed by atoms with Crippen LogP contribution in [-0.2, 0) is 9.59 Å². The van der Waals surface area contributed by atoms with Gasteiger partial charge in [-0.15, -0.1) is 0 Å². The van der Waals surface area contributed by atoms with Gasteiger partial charge in [0.2, 0.25) is 11.8 Å². The minimum atomic E-state index is -0.0706. The Bertz CT molecular complexity index is 245. The molecule has 1 aliphatic carbocycles. The lowest BCUT2D eigenvalue weighted by atomic mass is 9.95. The summed E-state index contributed by atoms with van der Waals surface area (Å²) in [5.74, 6) is -0.206. The highest BCUT2D eigenvalue weighted by Gasteiger charge is 2.16. The molecule has 1 saturated carbocycles. The van der Waals surface area contributed by atoms with Crippen molar-refractivity contribution in [2.75, 3.05) is 6.54 Å². The van der Waals surface area contributed by atoms with Gasteiger partial charge in [0.05, 0.1) is 6.54 Å². The molecule has 4 heteroatoms. The van der Waals surface area contributed by atoms with Crippen LogP contribution in [0.2, 0.25) is 0 Å². The molecule has 92 valence electrons. The molecule has 1 aliphatic rings. The van der Waals surface area contributed by atoms with Crippen molar-refractivity contribution in [3.8, 4) is 0 Å². The summed E-state index contributed by atoms with van der Waals surface area (Å²) >= 11 is 0. The van der Waals surface area contributed by atoms with Crippen molar-refractivity contribution in [1.29, 1.82) is 0 Å². The van der Waals surface area contributed by atoms with Crippen LogP contribution in [0.1, 0.15) is 46.0 Å². The van der Waals surface area contributed by atoms with Crippen molar-refractivity contribution in [2.24, 2.45) is 5.92 Å². The largest absolute Gasteiger partial charge is 0.352 e. The number of carbonyl (C=O) groups is 2. The van der Waals surface area contributed by atoms with Gasteiger partial charge in [-0.2, -0.15) is 0 Å². The highest BCUT2D eigenvalue weighted by atomic mass is 16.2. The lowest BCUT2D eigenvalue weighted by Gasteiger charge is -2.22. The van der Waals surface area contributed by atoms with E-state index in [4.69, 9.17) is 0 Å². The van der Waals surface area contributed by atoms with E-state index >= 15 is 0 Å². The average Bonchev–Trinajstić information content (AvgIpc) is 2.27. The molecule has 0 heterocycles. The van der Waals surface area contributed by atoms with Gasteiger partial charge >= 0.3 is 0 Å². The smallest absolute Gasteiger partial charge is 0.239 e. The van der Waals surface area contributed by atoms with E-state index in [-0.39, 0.29) is 24.3 Å². The molecule has 2 amide bonds. The highest BCUT2D eigenvalue weighted by Crippen LogP contribution is 2.16. The molecule has 4 nitrogen and oxygen atoms in total. The van der Waals surface area contributed by atoms with Crippen molar-refractivity contribution >= 4 is 11.8 Å². The van der Waals surface area contributed by atoms with Gasteiger partial charge in [0.25, 0.3) is 0 Å². The number of amides is 2. The first-order valence-electron chi connectivity index (χ1n) is 6.16. The van der Waals surface area contributed by atoms with Crippen molar-refractivity contribution in [2.45, 2.75) is 52.0 Å². The van der Waals surface area contributed by atoms with Crippen LogP contribution >= 0.6 is 0 Å². The number of rotatable bonds is 4. The van der Waals surface area contributed by atoms with Crippen molar-refractivity contribution < 1.29 is 9.59 Å². The van der Waals surface area contributed by atoms with Gasteiger partial charge in [-0.1, -0.05) is 33.1 Å². The van der Waals surface area contributed by atoms with E-state index in [9.17, 15) is 9.59 Å². The van der Waals surface area contributed by atoms with Crippen LogP contribution in [0.25, 0.3) is 0 Å². The van der Waals surface area contributed by atoms with Gasteiger partial charge in [0, 0.05) is 12.0 Å². The zero-order valence-electron chi connectivity index (χ0n) is 10.2. The van der Waals surface area contributed by atoms with Gasteiger partial charge < -0.3 is 10.6 Å². The molecule has 1 fully saturated rings. The zero-order valence-corrected chi connectivity index (χ0v) is 10.2. The quantitative estimate of drug-likeness (QED) is 0.757. The molecule has 2 N–H and O–H groups in total. The Morgan fingerprint density at radius 1 is 1.19 bits per heavy atom. The Kier molecular flexibility index (Phi) is 5.29. The fraction of sp³-hybridized carbons (Fsp3) is 0.833. The van der Waals surface area contributed by atoms with E-state index in [1.165, 1.54) is 19.3 Å². The number of nitrogens with one attached hydrogen (secondary N) is 2. The molecule has 0 spiro atoms. The predicted molar refractivity (Wildman–Crippen MR) is 62.9 cm³/mol. The topological polar surface area (TPSA) is 58.2 Å². The SMILES string of the molecule is CC(C)C(=O)NCC(=O)NC1CCCCC1. The third kappa shape index (κ3) is 4.64. The van der Waals surface area contributed by atoms with Gasteiger partial charge in [0.1, 0.15) is 0 Å². The number of hydrogen-bond acceptors (Lipinski definition) is 2. The molecule has 0 unspecified atom stereocenters. The summed E-state index contributed by atoms with van der Waals surface area (Å²) in [5, 5.41) is 5.58. The maximum atomic E-state index is 11.5. The molecule has 0 saturated heterocycles. The minimum absolute atomic E-state index is 0.0671. The first-order chi connectivity index (χ1) is 7.59. The maximum Gasteiger partial charge on any atom is 0.239 e. The second-order valence-electron chi connectivity index (χ2n) is 4.77. The second kappa shape index (κ2) is 6.51. The zero-order chi connectivity index (χ0) is 12.0. The molecule has 0 radical (unpaired) electrons. The Morgan fingerprint density at radius 3 is 2.38 bits per heavy atom. The Balaban J connectivity index is 2.17. The summed E-state index contributed by atoms with van der Waals surface area (Å²) in [6, 6.07) is 0.317. The third-order valence-corrected chi connectivity index (χ3v) is 2.92. The number of hydrogen-bond donors (Lipinski definition) is 2. The van der Waals surface area contributed by atoms with Crippen LogP contribution < -0.4 is 10.6 Å². The van der Waals surface area contributed by atoms with Crippen LogP contribution in [0, 0.1) is 5.92 Å². The van der Waals surface area contributed by atoms with Gasteiger partial charge in [-0.3, -0.25) is 9.59 Å². The summed E-state index contributed by atoms with van der Waals surface area (Å²) in [6.07, 6.45) is 5.82. The molecule has 0 bridgehead atoms. The lowest BCUT2D eigenvalue weighted by Crippen LogP contribution is -2.43. The Morgan fingerprint density at radius 2 is 1.81 bits per heavy atom. The van der Waals surface area contributed by atoms with Gasteiger partial charge in [0.15, 0.2) is 0 Å². The third-order valence-electron chi connectivity index (χ3n) is 2.92. The first kappa shape index (κ1) is 13.0. The second-order valence-corrected chi connectivity index (χ2v) is 4.77. The normalized spacial score (nSPS) is 17.2. The fourth-order valence-corrected chi connectivity index (χ4v) is 1.90. The molecular weight excluding hydrogens is 204 g/mol. The minimum Gasteiger partial charge on any atom is -0.352 e. The van der Waals surface area contributed by atoms with Crippen LogP contribution in [0.15, 0.2) is 0 Å². The van der Waals surface area contributed by atoms with E-state index in [0.29, 0.717) is 6.04 Å². The standard InChI is InChI=1S/C12H22N2O2/c1-9(2)12(16)13-8-11(15)14-10-6-4-3-5-7-10/h9-10H,3-8H2,1-2H3,(H,13,16)(H,14,15). The van der Waals surface area contributed by atoms with Crippen molar-refractivity contribution in [3.63, 3.8) is 0 Å². The van der Waals surface area contributed by atoms with Crippen LogP contribution in [0.5, 0.6) is 0 Å². The molecule has 0 atom stereocenters. The monoisotopic (exact) mass is 226 g/mol. The van der Waals surface area contributed by atoms with Gasteiger partial charge in [-0.05, 0) is 12.8 Å². The molecule has 0 aromatic rings. The fourth-order valence-electron chi connectivity index (χ4n) is 1.90. The van der Waals surface area contributed by atoms with Crippen molar-refractivity contribution in [1.82, 2.24) is 10.6 Å². The molecule has 0 aromatic heterocycles. The predicted octanol–water partition coefficient (Wildman–Crippen LogP) is 1.21. The van der Waals surface area contributed by atoms with E-state index in [1.807, 2.05) is 13.8 Å².